The van der Waals surface area contributed by atoms with E-state index in [-0.39, 0.29) is 0 Å². The second kappa shape index (κ2) is 8.75. The van der Waals surface area contributed by atoms with Crippen LogP contribution in [0.3, 0.4) is 0 Å². The van der Waals surface area contributed by atoms with Crippen LogP contribution in [-0.4, -0.2) is 14.5 Å². The van der Waals surface area contributed by atoms with Gasteiger partial charge in [0.1, 0.15) is 0 Å². The molecule has 3 heteroatoms. The Morgan fingerprint density at radius 3 is 1.85 bits per heavy atom. The molecular formula is C37H27N3. The van der Waals surface area contributed by atoms with Gasteiger partial charge in [-0.25, -0.2) is 4.98 Å². The fourth-order valence-corrected chi connectivity index (χ4v) is 6.36. The average Bonchev–Trinajstić information content (AvgIpc) is 3.35. The SMILES string of the molecule is CC(C)n1c2ccccc2c2cc(-c3cccc(-c4cnc5c6ccccc6c6ccccc6c5n4)c3)ccc21. The lowest BCUT2D eigenvalue weighted by molar-refractivity contribution is 0.642. The van der Waals surface area contributed by atoms with Crippen LogP contribution in [0, 0.1) is 0 Å². The van der Waals surface area contributed by atoms with E-state index in [1.165, 1.54) is 43.7 Å². The van der Waals surface area contributed by atoms with Crippen molar-refractivity contribution in [2.75, 3.05) is 0 Å². The topological polar surface area (TPSA) is 30.7 Å². The molecule has 0 saturated carbocycles. The molecule has 6 aromatic carbocycles. The van der Waals surface area contributed by atoms with Crippen molar-refractivity contribution >= 4 is 54.4 Å². The number of benzene rings is 6. The van der Waals surface area contributed by atoms with Gasteiger partial charge >= 0.3 is 0 Å². The minimum atomic E-state index is 0.385. The molecule has 0 aliphatic heterocycles. The normalized spacial score (nSPS) is 12.0. The third-order valence-electron chi connectivity index (χ3n) is 8.14. The lowest BCUT2D eigenvalue weighted by Gasteiger charge is -2.12. The minimum absolute atomic E-state index is 0.385. The molecule has 8 rings (SSSR count). The molecule has 0 radical (unpaired) electrons. The van der Waals surface area contributed by atoms with Crippen molar-refractivity contribution in [2.24, 2.45) is 0 Å². The lowest BCUT2D eigenvalue weighted by atomic mass is 9.98. The van der Waals surface area contributed by atoms with Crippen LogP contribution in [0.25, 0.3) is 76.8 Å². The largest absolute Gasteiger partial charge is 0.338 e. The molecule has 0 unspecified atom stereocenters. The second-order valence-corrected chi connectivity index (χ2v) is 10.8. The third-order valence-corrected chi connectivity index (χ3v) is 8.14. The number of hydrogen-bond acceptors (Lipinski definition) is 2. The molecule has 2 aromatic heterocycles. The van der Waals surface area contributed by atoms with Crippen LogP contribution < -0.4 is 0 Å². The van der Waals surface area contributed by atoms with Gasteiger partial charge in [0.05, 0.1) is 22.9 Å². The van der Waals surface area contributed by atoms with Crippen LogP contribution in [0.4, 0.5) is 0 Å². The summed E-state index contributed by atoms with van der Waals surface area (Å²) in [5.74, 6) is 0. The highest BCUT2D eigenvalue weighted by Gasteiger charge is 2.15. The summed E-state index contributed by atoms with van der Waals surface area (Å²) >= 11 is 0. The smallest absolute Gasteiger partial charge is 0.0979 e. The van der Waals surface area contributed by atoms with Gasteiger partial charge in [-0.2, -0.15) is 0 Å². The van der Waals surface area contributed by atoms with Crippen molar-refractivity contribution in [1.82, 2.24) is 14.5 Å². The van der Waals surface area contributed by atoms with E-state index in [1.54, 1.807) is 0 Å². The zero-order valence-electron chi connectivity index (χ0n) is 22.5. The first-order chi connectivity index (χ1) is 19.7. The molecule has 8 aromatic rings. The highest BCUT2D eigenvalue weighted by atomic mass is 15.0. The molecule has 0 atom stereocenters. The van der Waals surface area contributed by atoms with E-state index < -0.39 is 0 Å². The molecule has 2 heterocycles. The molecule has 0 bridgehead atoms. The monoisotopic (exact) mass is 513 g/mol. The van der Waals surface area contributed by atoms with Gasteiger partial charge in [0, 0.05) is 44.2 Å². The van der Waals surface area contributed by atoms with Gasteiger partial charge in [0.2, 0.25) is 0 Å². The molecule has 40 heavy (non-hydrogen) atoms. The molecule has 0 spiro atoms. The standard InChI is InChI=1S/C37H27N3/c1-23(2)40-34-17-8-7-14-29(34)32-21-25(18-19-35(32)40)24-10-9-11-26(20-24)33-22-38-36-30-15-5-3-12-27(30)28-13-4-6-16-31(28)37(36)39-33/h3-23H,1-2H3. The lowest BCUT2D eigenvalue weighted by Crippen LogP contribution is -1.99. The molecular weight excluding hydrogens is 486 g/mol. The number of rotatable bonds is 3. The van der Waals surface area contributed by atoms with Gasteiger partial charge in [-0.3, -0.25) is 4.98 Å². The summed E-state index contributed by atoms with van der Waals surface area (Å²) in [4.78, 5) is 10.2. The molecule has 0 amide bonds. The Morgan fingerprint density at radius 1 is 0.500 bits per heavy atom. The summed E-state index contributed by atoms with van der Waals surface area (Å²) in [6.07, 6.45) is 1.92. The maximum Gasteiger partial charge on any atom is 0.0979 e. The van der Waals surface area contributed by atoms with E-state index in [0.717, 1.165) is 33.1 Å². The number of fused-ring (bicyclic) bond motifs is 9. The van der Waals surface area contributed by atoms with Gasteiger partial charge in [-0.15, -0.1) is 0 Å². The maximum atomic E-state index is 5.21. The van der Waals surface area contributed by atoms with E-state index in [2.05, 4.69) is 134 Å². The van der Waals surface area contributed by atoms with Gasteiger partial charge in [0.25, 0.3) is 0 Å². The molecule has 0 aliphatic carbocycles. The molecule has 0 fully saturated rings. The number of para-hydroxylation sites is 1. The van der Waals surface area contributed by atoms with Crippen molar-refractivity contribution in [3.05, 3.63) is 121 Å². The summed E-state index contributed by atoms with van der Waals surface area (Å²) < 4.78 is 2.43. The summed E-state index contributed by atoms with van der Waals surface area (Å²) in [5.41, 5.74) is 8.76. The van der Waals surface area contributed by atoms with Crippen molar-refractivity contribution in [1.29, 1.82) is 0 Å². The van der Waals surface area contributed by atoms with Gasteiger partial charge in [-0.1, -0.05) is 91.0 Å². The van der Waals surface area contributed by atoms with Gasteiger partial charge in [-0.05, 0) is 60.0 Å². The summed E-state index contributed by atoms with van der Waals surface area (Å²) in [5, 5.41) is 7.27. The Balaban J connectivity index is 1.30. The summed E-state index contributed by atoms with van der Waals surface area (Å²) in [6, 6.07) is 41.6. The number of aromatic nitrogens is 3. The van der Waals surface area contributed by atoms with Crippen LogP contribution >= 0.6 is 0 Å². The van der Waals surface area contributed by atoms with Crippen molar-refractivity contribution in [2.45, 2.75) is 19.9 Å². The highest BCUT2D eigenvalue weighted by Crippen LogP contribution is 2.37. The molecule has 0 N–H and O–H groups in total. The summed E-state index contributed by atoms with van der Waals surface area (Å²) in [6.45, 7) is 4.50. The Bertz CT molecular complexity index is 2220. The van der Waals surface area contributed by atoms with Gasteiger partial charge < -0.3 is 4.57 Å². The third kappa shape index (κ3) is 3.37. The van der Waals surface area contributed by atoms with Crippen LogP contribution in [0.2, 0.25) is 0 Å². The quantitative estimate of drug-likeness (QED) is 0.220. The Morgan fingerprint density at radius 2 is 1.10 bits per heavy atom. The predicted octanol–water partition coefficient (Wildman–Crippen LogP) is 9.96. The minimum Gasteiger partial charge on any atom is -0.338 e. The number of hydrogen-bond donors (Lipinski definition) is 0. The molecule has 0 saturated heterocycles. The van der Waals surface area contributed by atoms with Crippen molar-refractivity contribution in [3.63, 3.8) is 0 Å². The Kier molecular flexibility index (Phi) is 5.02. The van der Waals surface area contributed by atoms with Crippen molar-refractivity contribution in [3.8, 4) is 22.4 Å². The zero-order chi connectivity index (χ0) is 26.8. The zero-order valence-corrected chi connectivity index (χ0v) is 22.5. The van der Waals surface area contributed by atoms with Crippen LogP contribution in [0.1, 0.15) is 19.9 Å². The van der Waals surface area contributed by atoms with E-state index >= 15 is 0 Å². The van der Waals surface area contributed by atoms with Crippen LogP contribution in [0.15, 0.2) is 121 Å². The van der Waals surface area contributed by atoms with E-state index in [1.807, 2.05) is 6.20 Å². The first-order valence-electron chi connectivity index (χ1n) is 13.9. The molecule has 0 aliphatic rings. The first kappa shape index (κ1) is 22.9. The first-order valence-corrected chi connectivity index (χ1v) is 13.9. The summed E-state index contributed by atoms with van der Waals surface area (Å²) in [7, 11) is 0. The fourth-order valence-electron chi connectivity index (χ4n) is 6.36. The predicted molar refractivity (Wildman–Crippen MR) is 169 cm³/mol. The Labute approximate surface area is 232 Å². The average molecular weight is 514 g/mol. The van der Waals surface area contributed by atoms with E-state index in [9.17, 15) is 0 Å². The fraction of sp³-hybridized carbons (Fsp3) is 0.0811. The highest BCUT2D eigenvalue weighted by molar-refractivity contribution is 6.23. The van der Waals surface area contributed by atoms with Crippen LogP contribution in [0.5, 0.6) is 0 Å². The van der Waals surface area contributed by atoms with E-state index in [0.29, 0.717) is 6.04 Å². The van der Waals surface area contributed by atoms with Gasteiger partial charge in [0.15, 0.2) is 0 Å². The Hall–Kier alpha value is -5.02. The van der Waals surface area contributed by atoms with Crippen molar-refractivity contribution < 1.29 is 0 Å². The molecule has 190 valence electrons. The second-order valence-electron chi connectivity index (χ2n) is 10.8. The number of nitrogens with zero attached hydrogens (tertiary/aromatic N) is 3. The maximum absolute atomic E-state index is 5.21. The van der Waals surface area contributed by atoms with Crippen LogP contribution in [-0.2, 0) is 0 Å². The van der Waals surface area contributed by atoms with E-state index in [4.69, 9.17) is 9.97 Å². The molecule has 3 nitrogen and oxygen atoms in total.